The van der Waals surface area contributed by atoms with E-state index in [1.165, 1.54) is 0 Å². The molecule has 1 atom stereocenters. The smallest absolute Gasteiger partial charge is 0.229 e. The number of carbonyl (C=O) groups excluding carboxylic acids is 1. The van der Waals surface area contributed by atoms with E-state index in [4.69, 9.17) is 5.73 Å². The summed E-state index contributed by atoms with van der Waals surface area (Å²) in [4.78, 5) is 11.4. The Morgan fingerprint density at radius 2 is 1.93 bits per heavy atom. The number of hydrogen-bond donors (Lipinski definition) is 1. The van der Waals surface area contributed by atoms with Crippen LogP contribution in [0.3, 0.4) is 0 Å². The Kier molecular flexibility index (Phi) is 4.35. The molecule has 2 nitrogen and oxygen atoms in total. The molecule has 0 fully saturated rings. The Bertz CT molecular complexity index is 308. The summed E-state index contributed by atoms with van der Waals surface area (Å²) in [6.07, 6.45) is 2.05. The van der Waals surface area contributed by atoms with Crippen LogP contribution in [0.5, 0.6) is 0 Å². The van der Waals surface area contributed by atoms with Gasteiger partial charge in [-0.3, -0.25) is 4.79 Å². The van der Waals surface area contributed by atoms with Crippen molar-refractivity contribution in [2.75, 3.05) is 0 Å². The molecule has 0 saturated carbocycles. The van der Waals surface area contributed by atoms with Crippen molar-refractivity contribution < 1.29 is 4.79 Å². The van der Waals surface area contributed by atoms with Gasteiger partial charge in [-0.25, -0.2) is 0 Å². The molecule has 0 aliphatic carbocycles. The van der Waals surface area contributed by atoms with E-state index < -0.39 is 0 Å². The molecule has 0 saturated heterocycles. The van der Waals surface area contributed by atoms with Gasteiger partial charge in [0.2, 0.25) is 5.91 Å². The van der Waals surface area contributed by atoms with Crippen LogP contribution in [0.2, 0.25) is 0 Å². The molecule has 0 bridgehead atoms. The van der Waals surface area contributed by atoms with Gasteiger partial charge in [0, 0.05) is 0 Å². The largest absolute Gasteiger partial charge is 0.369 e. The van der Waals surface area contributed by atoms with E-state index in [1.807, 2.05) is 30.3 Å². The van der Waals surface area contributed by atoms with Crippen molar-refractivity contribution in [2.24, 2.45) is 11.7 Å². The number of benzene rings is 1. The minimum absolute atomic E-state index is 0.231. The van der Waals surface area contributed by atoms with Crippen LogP contribution in [0, 0.1) is 11.8 Å². The Balaban J connectivity index is 2.88. The quantitative estimate of drug-likeness (QED) is 0.787. The van der Waals surface area contributed by atoms with E-state index in [-0.39, 0.29) is 11.8 Å². The molecule has 0 aromatic heterocycles. The van der Waals surface area contributed by atoms with Gasteiger partial charge in [-0.1, -0.05) is 50.6 Å². The Hall–Kier alpha value is -1.31. The average Bonchev–Trinajstić information content (AvgIpc) is 2.19. The monoisotopic (exact) mass is 204 g/mol. The van der Waals surface area contributed by atoms with Crippen molar-refractivity contribution in [1.82, 2.24) is 0 Å². The molecule has 15 heavy (non-hydrogen) atoms. The first kappa shape index (κ1) is 11.8. The summed E-state index contributed by atoms with van der Waals surface area (Å²) < 4.78 is 0. The maximum Gasteiger partial charge on any atom is 0.229 e. The minimum Gasteiger partial charge on any atom is -0.369 e. The second-order valence-electron chi connectivity index (χ2n) is 3.83. The maximum atomic E-state index is 11.4. The van der Waals surface area contributed by atoms with E-state index in [0.29, 0.717) is 0 Å². The molecule has 1 unspecified atom stereocenters. The predicted octanol–water partition coefficient (Wildman–Crippen LogP) is 2.53. The normalized spacial score (nSPS) is 12.7. The van der Waals surface area contributed by atoms with Gasteiger partial charge in [-0.15, -0.1) is 0 Å². The Morgan fingerprint density at radius 3 is 2.40 bits per heavy atom. The highest BCUT2D eigenvalue weighted by Gasteiger charge is 2.24. The highest BCUT2D eigenvalue weighted by atomic mass is 16.1. The van der Waals surface area contributed by atoms with Crippen molar-refractivity contribution in [3.63, 3.8) is 0 Å². The van der Waals surface area contributed by atoms with Crippen LogP contribution in [-0.2, 0) is 4.79 Å². The molecule has 2 N–H and O–H groups in total. The van der Waals surface area contributed by atoms with Gasteiger partial charge in [0.15, 0.2) is 0 Å². The van der Waals surface area contributed by atoms with Crippen LogP contribution >= 0.6 is 0 Å². The lowest BCUT2D eigenvalue weighted by atomic mass is 9.84. The van der Waals surface area contributed by atoms with Gasteiger partial charge in [-0.2, -0.15) is 0 Å². The van der Waals surface area contributed by atoms with Crippen LogP contribution < -0.4 is 5.73 Å². The van der Waals surface area contributed by atoms with Crippen LogP contribution in [0.4, 0.5) is 0 Å². The summed E-state index contributed by atoms with van der Waals surface area (Å²) in [5, 5.41) is 0. The molecule has 0 aliphatic heterocycles. The molecule has 1 aromatic rings. The number of rotatable bonds is 5. The van der Waals surface area contributed by atoms with Gasteiger partial charge in [-0.05, 0) is 17.9 Å². The zero-order chi connectivity index (χ0) is 11.3. The van der Waals surface area contributed by atoms with Crippen molar-refractivity contribution in [1.29, 1.82) is 0 Å². The van der Waals surface area contributed by atoms with Crippen molar-refractivity contribution in [3.8, 4) is 0 Å². The number of carbonyl (C=O) groups is 1. The first-order chi connectivity index (χ1) is 7.16. The Morgan fingerprint density at radius 1 is 1.33 bits per heavy atom. The van der Waals surface area contributed by atoms with Crippen molar-refractivity contribution in [2.45, 2.75) is 26.7 Å². The summed E-state index contributed by atoms with van der Waals surface area (Å²) in [5.41, 5.74) is 6.37. The molecule has 1 aromatic carbocycles. The first-order valence-electron chi connectivity index (χ1n) is 5.38. The average molecular weight is 204 g/mol. The lowest BCUT2D eigenvalue weighted by Crippen LogP contribution is -2.27. The highest BCUT2D eigenvalue weighted by molar-refractivity contribution is 5.93. The highest BCUT2D eigenvalue weighted by Crippen LogP contribution is 2.26. The van der Waals surface area contributed by atoms with E-state index in [1.54, 1.807) is 0 Å². The minimum atomic E-state index is -0.304. The van der Waals surface area contributed by atoms with Crippen LogP contribution in [0.15, 0.2) is 30.3 Å². The molecular weight excluding hydrogens is 186 g/mol. The summed E-state index contributed by atoms with van der Waals surface area (Å²) >= 11 is 0. The fourth-order valence-electron chi connectivity index (χ4n) is 1.86. The molecule has 1 radical (unpaired) electrons. The van der Waals surface area contributed by atoms with Crippen molar-refractivity contribution >= 4 is 5.91 Å². The standard InChI is InChI=1S/C13H18NO/c1-3-7-10(2)12(13(14)15)11-8-5-4-6-9-11/h4-6,8-10H,3,7H2,1-2H3,(H2,14,15). The summed E-state index contributed by atoms with van der Waals surface area (Å²) in [5.74, 6) is 0.675. The van der Waals surface area contributed by atoms with Gasteiger partial charge >= 0.3 is 0 Å². The second kappa shape index (κ2) is 5.54. The Labute approximate surface area is 91.5 Å². The molecule has 0 spiro atoms. The van der Waals surface area contributed by atoms with Gasteiger partial charge in [0.25, 0.3) is 0 Å². The molecular formula is C13H18NO. The van der Waals surface area contributed by atoms with Gasteiger partial charge in [0.05, 0.1) is 5.92 Å². The first-order valence-corrected chi connectivity index (χ1v) is 5.38. The van der Waals surface area contributed by atoms with Crippen LogP contribution in [0.1, 0.15) is 32.3 Å². The summed E-state index contributed by atoms with van der Waals surface area (Å²) in [6, 6.07) is 9.67. The SMILES string of the molecule is CCCC(C)[C](C(N)=O)c1ccccc1. The number of amides is 1. The third-order valence-corrected chi connectivity index (χ3v) is 2.56. The lowest BCUT2D eigenvalue weighted by Gasteiger charge is -2.19. The molecule has 0 aliphatic rings. The molecule has 2 heteroatoms. The fraction of sp³-hybridized carbons (Fsp3) is 0.385. The van der Waals surface area contributed by atoms with Crippen LogP contribution in [0.25, 0.3) is 0 Å². The van der Waals surface area contributed by atoms with E-state index in [9.17, 15) is 4.79 Å². The number of nitrogens with two attached hydrogens (primary N) is 1. The van der Waals surface area contributed by atoms with Crippen LogP contribution in [-0.4, -0.2) is 5.91 Å². The third-order valence-electron chi connectivity index (χ3n) is 2.56. The van der Waals surface area contributed by atoms with Gasteiger partial charge in [0.1, 0.15) is 0 Å². The molecule has 1 amide bonds. The lowest BCUT2D eigenvalue weighted by molar-refractivity contribution is -0.116. The summed E-state index contributed by atoms with van der Waals surface area (Å²) in [7, 11) is 0. The maximum absolute atomic E-state index is 11.4. The van der Waals surface area contributed by atoms with E-state index in [2.05, 4.69) is 13.8 Å². The van der Waals surface area contributed by atoms with E-state index in [0.717, 1.165) is 24.3 Å². The third kappa shape index (κ3) is 3.08. The van der Waals surface area contributed by atoms with Crippen molar-refractivity contribution in [3.05, 3.63) is 41.8 Å². The number of primary amides is 1. The second-order valence-corrected chi connectivity index (χ2v) is 3.83. The zero-order valence-electron chi connectivity index (χ0n) is 9.36. The topological polar surface area (TPSA) is 43.1 Å². The molecule has 1 rings (SSSR count). The van der Waals surface area contributed by atoms with Gasteiger partial charge < -0.3 is 5.73 Å². The zero-order valence-corrected chi connectivity index (χ0v) is 9.36. The fourth-order valence-corrected chi connectivity index (χ4v) is 1.86. The molecule has 81 valence electrons. The number of hydrogen-bond acceptors (Lipinski definition) is 1. The summed E-state index contributed by atoms with van der Waals surface area (Å²) in [6.45, 7) is 4.16. The van der Waals surface area contributed by atoms with E-state index >= 15 is 0 Å². The predicted molar refractivity (Wildman–Crippen MR) is 62.1 cm³/mol. The molecule has 0 heterocycles.